The van der Waals surface area contributed by atoms with Crippen LogP contribution in [0.5, 0.6) is 0 Å². The first-order valence-electron chi connectivity index (χ1n) is 7.77. The van der Waals surface area contributed by atoms with Gasteiger partial charge in [-0.25, -0.2) is 4.98 Å². The predicted molar refractivity (Wildman–Crippen MR) is 86.3 cm³/mol. The van der Waals surface area contributed by atoms with Gasteiger partial charge < -0.3 is 15.0 Å². The van der Waals surface area contributed by atoms with Crippen LogP contribution in [0.15, 0.2) is 18.5 Å². The SMILES string of the molecule is Cl.NCc1cn2cc(C3CC3)cc(N3CC4CC4C3=O)c2n1. The third-order valence-corrected chi connectivity index (χ3v) is 5.07. The Hall–Kier alpha value is -1.59. The first-order chi connectivity index (χ1) is 10.2. The highest BCUT2D eigenvalue weighted by molar-refractivity contribution is 6.02. The maximum atomic E-state index is 12.4. The minimum absolute atomic E-state index is 0. The Morgan fingerprint density at radius 3 is 2.77 bits per heavy atom. The molecule has 3 fully saturated rings. The summed E-state index contributed by atoms with van der Waals surface area (Å²) in [5.74, 6) is 1.79. The lowest BCUT2D eigenvalue weighted by molar-refractivity contribution is -0.118. The van der Waals surface area contributed by atoms with Crippen molar-refractivity contribution >= 4 is 29.6 Å². The fourth-order valence-corrected chi connectivity index (χ4v) is 3.58. The van der Waals surface area contributed by atoms with Gasteiger partial charge in [-0.05, 0) is 42.7 Å². The lowest BCUT2D eigenvalue weighted by atomic mass is 10.1. The van der Waals surface area contributed by atoms with Gasteiger partial charge in [0.25, 0.3) is 0 Å². The van der Waals surface area contributed by atoms with Crippen LogP contribution in [-0.4, -0.2) is 21.8 Å². The summed E-state index contributed by atoms with van der Waals surface area (Å²) in [6.45, 7) is 1.29. The van der Waals surface area contributed by atoms with Crippen molar-refractivity contribution in [3.05, 3.63) is 29.7 Å². The molecule has 2 unspecified atom stereocenters. The molecule has 3 heterocycles. The second kappa shape index (κ2) is 4.70. The number of halogens is 1. The molecule has 2 atom stereocenters. The van der Waals surface area contributed by atoms with Crippen LogP contribution in [-0.2, 0) is 11.3 Å². The van der Waals surface area contributed by atoms with Gasteiger partial charge in [-0.3, -0.25) is 4.79 Å². The average molecular weight is 319 g/mol. The van der Waals surface area contributed by atoms with Crippen molar-refractivity contribution in [3.8, 4) is 0 Å². The van der Waals surface area contributed by atoms with E-state index in [0.29, 0.717) is 18.4 Å². The molecule has 5 rings (SSSR count). The summed E-state index contributed by atoms with van der Waals surface area (Å²) in [5, 5.41) is 0. The lowest BCUT2D eigenvalue weighted by Crippen LogP contribution is -2.28. The van der Waals surface area contributed by atoms with Crippen LogP contribution in [0.1, 0.15) is 36.4 Å². The van der Waals surface area contributed by atoms with Crippen LogP contribution in [0.25, 0.3) is 5.65 Å². The third kappa shape index (κ3) is 1.96. The Balaban J connectivity index is 0.00000125. The number of nitrogens with two attached hydrogens (primary N) is 1. The molecule has 0 bridgehead atoms. The number of hydrogen-bond donors (Lipinski definition) is 1. The van der Waals surface area contributed by atoms with E-state index in [4.69, 9.17) is 5.73 Å². The fourth-order valence-electron chi connectivity index (χ4n) is 3.58. The van der Waals surface area contributed by atoms with Gasteiger partial charge in [0.2, 0.25) is 5.91 Å². The molecule has 2 aromatic rings. The molecule has 0 radical (unpaired) electrons. The summed E-state index contributed by atoms with van der Waals surface area (Å²) < 4.78 is 2.06. The van der Waals surface area contributed by atoms with E-state index in [9.17, 15) is 4.79 Å². The number of piperidine rings is 1. The standard InChI is InChI=1S/C16H18N4O.ClH/c17-5-12-8-19-6-10(9-1-2-9)4-14(15(19)18-12)20-7-11-3-13(11)16(20)21;/h4,6,8-9,11,13H,1-3,5,7,17H2;1H. The van der Waals surface area contributed by atoms with Gasteiger partial charge in [0.15, 0.2) is 5.65 Å². The number of fused-ring (bicyclic) bond motifs is 2. The molecule has 1 amide bonds. The Labute approximate surface area is 134 Å². The largest absolute Gasteiger partial charge is 0.325 e. The van der Waals surface area contributed by atoms with Gasteiger partial charge in [0.05, 0.1) is 11.4 Å². The van der Waals surface area contributed by atoms with Gasteiger partial charge in [-0.2, -0.15) is 0 Å². The monoisotopic (exact) mass is 318 g/mol. The summed E-state index contributed by atoms with van der Waals surface area (Å²) in [7, 11) is 0. The molecule has 22 heavy (non-hydrogen) atoms. The summed E-state index contributed by atoms with van der Waals surface area (Å²) >= 11 is 0. The first kappa shape index (κ1) is 14.0. The fraction of sp³-hybridized carbons (Fsp3) is 0.500. The molecule has 2 saturated carbocycles. The molecule has 0 spiro atoms. The topological polar surface area (TPSA) is 63.6 Å². The van der Waals surface area contributed by atoms with Crippen molar-refractivity contribution in [1.82, 2.24) is 9.38 Å². The molecule has 116 valence electrons. The minimum Gasteiger partial charge on any atom is -0.325 e. The number of aromatic nitrogens is 2. The highest BCUT2D eigenvalue weighted by Crippen LogP contribution is 2.49. The molecule has 1 aliphatic heterocycles. The number of hydrogen-bond acceptors (Lipinski definition) is 3. The highest BCUT2D eigenvalue weighted by Gasteiger charge is 2.53. The summed E-state index contributed by atoms with van der Waals surface area (Å²) in [6.07, 6.45) is 7.73. The Morgan fingerprint density at radius 2 is 2.14 bits per heavy atom. The maximum Gasteiger partial charge on any atom is 0.230 e. The molecule has 6 heteroatoms. The van der Waals surface area contributed by atoms with E-state index >= 15 is 0 Å². The van der Waals surface area contributed by atoms with Gasteiger partial charge in [0, 0.05) is 31.4 Å². The van der Waals surface area contributed by atoms with E-state index in [-0.39, 0.29) is 24.2 Å². The Bertz CT molecular complexity index is 767. The van der Waals surface area contributed by atoms with Crippen molar-refractivity contribution < 1.29 is 4.79 Å². The molecule has 2 aromatic heterocycles. The second-order valence-corrected chi connectivity index (χ2v) is 6.65. The number of pyridine rings is 1. The molecular formula is C16H19ClN4O. The van der Waals surface area contributed by atoms with Crippen molar-refractivity contribution in [2.75, 3.05) is 11.4 Å². The quantitative estimate of drug-likeness (QED) is 0.942. The van der Waals surface area contributed by atoms with Crippen molar-refractivity contribution in [2.45, 2.75) is 31.7 Å². The maximum absolute atomic E-state index is 12.4. The van der Waals surface area contributed by atoms with Crippen LogP contribution < -0.4 is 10.6 Å². The molecule has 0 aromatic carbocycles. The first-order valence-corrected chi connectivity index (χ1v) is 7.77. The Morgan fingerprint density at radius 1 is 1.32 bits per heavy atom. The number of carbonyl (C=O) groups excluding carboxylic acids is 1. The van der Waals surface area contributed by atoms with Gasteiger partial charge >= 0.3 is 0 Å². The predicted octanol–water partition coefficient (Wildman–Crippen LogP) is 2.07. The van der Waals surface area contributed by atoms with Crippen molar-refractivity contribution in [1.29, 1.82) is 0 Å². The Kier molecular flexibility index (Phi) is 3.00. The van der Waals surface area contributed by atoms with Crippen LogP contribution in [0, 0.1) is 11.8 Å². The lowest BCUT2D eigenvalue weighted by Gasteiger charge is -2.20. The van der Waals surface area contributed by atoms with E-state index < -0.39 is 0 Å². The number of amides is 1. The smallest absolute Gasteiger partial charge is 0.230 e. The highest BCUT2D eigenvalue weighted by atomic mass is 35.5. The van der Waals surface area contributed by atoms with Gasteiger partial charge in [-0.1, -0.05) is 0 Å². The number of rotatable bonds is 3. The van der Waals surface area contributed by atoms with Crippen LogP contribution in [0.2, 0.25) is 0 Å². The number of nitrogens with zero attached hydrogens (tertiary/aromatic N) is 3. The van der Waals surface area contributed by atoms with Crippen LogP contribution >= 0.6 is 12.4 Å². The van der Waals surface area contributed by atoms with E-state index in [1.54, 1.807) is 0 Å². The van der Waals surface area contributed by atoms with E-state index in [1.807, 2.05) is 11.1 Å². The summed E-state index contributed by atoms with van der Waals surface area (Å²) in [5.41, 5.74) is 9.78. The molecule has 3 aliphatic rings. The zero-order chi connectivity index (χ0) is 14.1. The molecular weight excluding hydrogens is 300 g/mol. The van der Waals surface area contributed by atoms with E-state index in [1.165, 1.54) is 18.4 Å². The van der Waals surface area contributed by atoms with E-state index in [0.717, 1.165) is 30.0 Å². The van der Waals surface area contributed by atoms with Crippen molar-refractivity contribution in [3.63, 3.8) is 0 Å². The number of anilines is 1. The molecule has 1 saturated heterocycles. The van der Waals surface area contributed by atoms with Crippen LogP contribution in [0.4, 0.5) is 5.69 Å². The zero-order valence-electron chi connectivity index (χ0n) is 12.2. The third-order valence-electron chi connectivity index (χ3n) is 5.07. The normalized spacial score (nSPS) is 26.2. The average Bonchev–Trinajstić information content (AvgIpc) is 3.39. The van der Waals surface area contributed by atoms with E-state index in [2.05, 4.69) is 21.6 Å². The summed E-state index contributed by atoms with van der Waals surface area (Å²) in [4.78, 5) is 19.0. The molecule has 2 aliphatic carbocycles. The van der Waals surface area contributed by atoms with Crippen LogP contribution in [0.3, 0.4) is 0 Å². The molecule has 5 nitrogen and oxygen atoms in total. The number of carbonyl (C=O) groups is 1. The van der Waals surface area contributed by atoms with Crippen molar-refractivity contribution in [2.24, 2.45) is 17.6 Å². The molecule has 2 N–H and O–H groups in total. The van der Waals surface area contributed by atoms with Gasteiger partial charge in [0.1, 0.15) is 0 Å². The van der Waals surface area contributed by atoms with Gasteiger partial charge in [-0.15, -0.1) is 12.4 Å². The summed E-state index contributed by atoms with van der Waals surface area (Å²) in [6, 6.07) is 2.18. The minimum atomic E-state index is 0. The zero-order valence-corrected chi connectivity index (χ0v) is 13.1. The number of imidazole rings is 1. The second-order valence-electron chi connectivity index (χ2n) is 6.65.